The highest BCUT2D eigenvalue weighted by atomic mass is 16.5. The molecule has 2 saturated heterocycles. The average molecular weight is 1050 g/mol. The molecule has 2 fully saturated rings. The first-order valence-corrected chi connectivity index (χ1v) is 27.1. The fourth-order valence-corrected chi connectivity index (χ4v) is 10.9. The quantitative estimate of drug-likeness (QED) is 0.272. The molecule has 0 radical (unpaired) electrons. The van der Waals surface area contributed by atoms with E-state index < -0.39 is 132 Å². The van der Waals surface area contributed by atoms with Gasteiger partial charge < -0.3 is 48.7 Å². The van der Waals surface area contributed by atoms with Crippen molar-refractivity contribution in [1.29, 1.82) is 0 Å². The molecule has 0 saturated carbocycles. The fourth-order valence-electron chi connectivity index (χ4n) is 10.9. The number of nitrogens with zero attached hydrogens (tertiary/aromatic N) is 6. The van der Waals surface area contributed by atoms with E-state index in [9.17, 15) is 38.7 Å². The number of amides is 6. The van der Waals surface area contributed by atoms with Gasteiger partial charge in [-0.3, -0.25) is 38.4 Å². The van der Waals surface area contributed by atoms with E-state index in [4.69, 9.17) is 14.2 Å². The lowest BCUT2D eigenvalue weighted by Crippen LogP contribution is -2.69. The second kappa shape index (κ2) is 28.3. The number of hydrogen-bond acceptors (Lipinski definition) is 13. The molecule has 3 rings (SSSR count). The lowest BCUT2D eigenvalue weighted by atomic mass is 9.72. The van der Waals surface area contributed by atoms with Crippen LogP contribution >= 0.6 is 0 Å². The highest BCUT2D eigenvalue weighted by Gasteiger charge is 2.57. The lowest BCUT2D eigenvalue weighted by Gasteiger charge is -2.50. The average Bonchev–Trinajstić information content (AvgIpc) is 4.06. The zero-order valence-electron chi connectivity index (χ0n) is 47.6. The predicted molar refractivity (Wildman–Crippen MR) is 279 cm³/mol. The van der Waals surface area contributed by atoms with Crippen molar-refractivity contribution in [2.45, 2.75) is 195 Å². The van der Waals surface area contributed by atoms with Gasteiger partial charge in [0.2, 0.25) is 35.4 Å². The van der Waals surface area contributed by atoms with Gasteiger partial charge in [0.25, 0.3) is 0 Å². The summed E-state index contributed by atoms with van der Waals surface area (Å²) in [6.45, 7) is 19.6. The third-order valence-corrected chi connectivity index (χ3v) is 16.4. The number of methoxy groups -OCH3 is 1. The van der Waals surface area contributed by atoms with E-state index >= 15 is 9.59 Å². The third kappa shape index (κ3) is 14.7. The van der Waals surface area contributed by atoms with Crippen LogP contribution < -0.4 is 0 Å². The summed E-state index contributed by atoms with van der Waals surface area (Å²) in [5.41, 5.74) is -1.12. The number of cyclic esters (lactones) is 2. The molecule has 11 unspecified atom stereocenters. The van der Waals surface area contributed by atoms with Crippen molar-refractivity contribution >= 4 is 53.2 Å². The number of allylic oxidation sites excluding steroid dienone is 2. The summed E-state index contributed by atoms with van der Waals surface area (Å²) in [7, 11) is 7.29. The van der Waals surface area contributed by atoms with Gasteiger partial charge in [-0.2, -0.15) is 0 Å². The Bertz CT molecular complexity index is 2030. The number of ketones is 1. The summed E-state index contributed by atoms with van der Waals surface area (Å²) in [6, 6.07) is -4.20. The highest BCUT2D eigenvalue weighted by Crippen LogP contribution is 2.40. The van der Waals surface area contributed by atoms with E-state index in [-0.39, 0.29) is 37.9 Å². The van der Waals surface area contributed by atoms with Crippen molar-refractivity contribution < 1.29 is 62.5 Å². The molecule has 1 N–H and O–H groups in total. The van der Waals surface area contributed by atoms with Crippen molar-refractivity contribution in [2.24, 2.45) is 29.6 Å². The molecule has 74 heavy (non-hydrogen) atoms. The lowest BCUT2D eigenvalue weighted by molar-refractivity contribution is -0.170. The second-order valence-electron chi connectivity index (χ2n) is 22.0. The first kappa shape index (κ1) is 63.4. The minimum Gasteiger partial charge on any atom is -0.462 e. The van der Waals surface area contributed by atoms with Crippen LogP contribution in [0.5, 0.6) is 0 Å². The zero-order valence-corrected chi connectivity index (χ0v) is 47.6. The molecule has 0 aromatic carbocycles. The first-order chi connectivity index (χ1) is 34.6. The van der Waals surface area contributed by atoms with Gasteiger partial charge in [0.15, 0.2) is 5.78 Å². The number of esters is 2. The molecular formula is C55H92N6O13. The second-order valence-corrected chi connectivity index (χ2v) is 22.0. The number of ether oxygens (including phenoxy) is 3. The van der Waals surface area contributed by atoms with Crippen LogP contribution in [0.1, 0.15) is 147 Å². The number of Topliss-reactive ketones (excluding diaryl/α,β-unsaturated/α-hetero) is 1. The molecule has 19 heteroatoms. The monoisotopic (exact) mass is 1040 g/mol. The summed E-state index contributed by atoms with van der Waals surface area (Å²) >= 11 is 0. The number of aliphatic hydroxyl groups excluding tert-OH is 1. The van der Waals surface area contributed by atoms with Gasteiger partial charge in [-0.25, -0.2) is 4.79 Å². The number of hydrogen-bond donors (Lipinski definition) is 1. The van der Waals surface area contributed by atoms with E-state index in [1.807, 2.05) is 41.5 Å². The molecule has 6 amide bonds. The topological polar surface area (TPSA) is 221 Å². The Labute approximate surface area is 441 Å². The molecule has 0 bridgehead atoms. The van der Waals surface area contributed by atoms with Crippen LogP contribution in [0, 0.1) is 29.6 Å². The Hall–Kier alpha value is -4.91. The molecule has 0 aromatic rings. The molecular weight excluding hydrogens is 953 g/mol. The van der Waals surface area contributed by atoms with Crippen LogP contribution in [0.2, 0.25) is 0 Å². The van der Waals surface area contributed by atoms with Gasteiger partial charge in [-0.1, -0.05) is 67.9 Å². The Morgan fingerprint density at radius 2 is 1.35 bits per heavy atom. The molecule has 0 spiro atoms. The Balaban J connectivity index is 2.09. The summed E-state index contributed by atoms with van der Waals surface area (Å²) < 4.78 is 17.4. The summed E-state index contributed by atoms with van der Waals surface area (Å²) in [6.07, 6.45) is 3.11. The highest BCUT2D eigenvalue weighted by molar-refractivity contribution is 6.07. The van der Waals surface area contributed by atoms with Gasteiger partial charge in [-0.15, -0.1) is 0 Å². The van der Waals surface area contributed by atoms with E-state index in [1.165, 1.54) is 47.9 Å². The number of aliphatic hydroxyl groups is 1. The first-order valence-electron chi connectivity index (χ1n) is 27.1. The van der Waals surface area contributed by atoms with Gasteiger partial charge in [0, 0.05) is 48.4 Å². The van der Waals surface area contributed by atoms with Crippen LogP contribution in [-0.4, -0.2) is 197 Å². The van der Waals surface area contributed by atoms with Crippen LogP contribution in [-0.2, 0) is 57.4 Å². The van der Waals surface area contributed by atoms with Crippen LogP contribution in [0.4, 0.5) is 0 Å². The molecule has 3 heterocycles. The Morgan fingerprint density at radius 1 is 0.743 bits per heavy atom. The van der Waals surface area contributed by atoms with Gasteiger partial charge in [0.1, 0.15) is 41.9 Å². The van der Waals surface area contributed by atoms with Gasteiger partial charge >= 0.3 is 11.9 Å². The molecule has 19 nitrogen and oxygen atoms in total. The normalized spacial score (nSPS) is 31.1. The number of fused-ring (bicyclic) bond motifs is 2. The third-order valence-electron chi connectivity index (χ3n) is 16.4. The fraction of sp³-hybridized carbons (Fsp3) is 0.800. The maximum absolute atomic E-state index is 15.4. The maximum atomic E-state index is 15.4. The minimum atomic E-state index is -1.44. The molecule has 0 aromatic heterocycles. The summed E-state index contributed by atoms with van der Waals surface area (Å²) in [5, 5.41) is 11.1. The van der Waals surface area contributed by atoms with Crippen molar-refractivity contribution in [1.82, 2.24) is 29.4 Å². The molecule has 11 atom stereocenters. The number of carbonyl (C=O) groups is 9. The number of rotatable bonds is 7. The number of carbonyl (C=O) groups excluding carboxylic acids is 9. The molecule has 3 aliphatic heterocycles. The zero-order chi connectivity index (χ0) is 56.1. The smallest absolute Gasteiger partial charge is 0.329 e. The number of likely N-dealkylation sites (N-methyl/N-ethyl adjacent to an activating group) is 4. The van der Waals surface area contributed by atoms with Gasteiger partial charge in [-0.05, 0) is 108 Å². The maximum Gasteiger partial charge on any atom is 0.329 e. The SMILES string of the molecule is CCC1CCCC(O)C(C)C(=O)OC(C)C(C)CC=C(C)C(=O)CC(=O)N(C)CC(=O)N(C)C(C(C)C)C(=O)N(C)C(COC)C(=O)N2CCCC2C(=O)N(C)C(C(C)C)(C(C)CC)C(=O)N2CCCC2C(=O)O1. The van der Waals surface area contributed by atoms with E-state index in [0.29, 0.717) is 63.4 Å². The summed E-state index contributed by atoms with van der Waals surface area (Å²) in [4.78, 5) is 136. The van der Waals surface area contributed by atoms with Crippen molar-refractivity contribution in [3.63, 3.8) is 0 Å². The van der Waals surface area contributed by atoms with E-state index in [0.717, 1.165) is 4.90 Å². The molecule has 3 aliphatic rings. The molecule has 0 aliphatic carbocycles. The van der Waals surface area contributed by atoms with E-state index in [2.05, 4.69) is 0 Å². The Morgan fingerprint density at radius 3 is 1.92 bits per heavy atom. The minimum absolute atomic E-state index is 0.197. The summed E-state index contributed by atoms with van der Waals surface area (Å²) in [5.74, 6) is -7.09. The molecule has 420 valence electrons. The standard InChI is InChI=1S/C55H92N6O13/c1-17-37(9)55(34(5)6)54(71)61-29-21-24-42(61)53(70)74-40(18-2)22-19-25-44(62)38(10)52(69)73-39(11)35(7)26-27-36(8)45(63)30-46(64)56(12)31-47(65)58(14)48(33(3)4)51(68)57(13)43(32-72-16)50(67)60-28-20-23-41(60)49(66)59(55)15/h27,33-35,37-44,48,62H,17-26,28-32H2,1-16H3. The predicted octanol–water partition coefficient (Wildman–Crippen LogP) is 4.65. The largest absolute Gasteiger partial charge is 0.462 e. The van der Waals surface area contributed by atoms with Crippen molar-refractivity contribution in [3.05, 3.63) is 11.6 Å². The van der Waals surface area contributed by atoms with Crippen molar-refractivity contribution in [2.75, 3.05) is 61.5 Å². The van der Waals surface area contributed by atoms with Gasteiger partial charge in [0.05, 0.1) is 31.6 Å². The Kier molecular flexibility index (Phi) is 24.2. The van der Waals surface area contributed by atoms with Crippen LogP contribution in [0.25, 0.3) is 0 Å². The van der Waals surface area contributed by atoms with E-state index in [1.54, 1.807) is 52.6 Å². The van der Waals surface area contributed by atoms with Crippen molar-refractivity contribution in [3.8, 4) is 0 Å². The van der Waals surface area contributed by atoms with Crippen LogP contribution in [0.3, 0.4) is 0 Å². The van der Waals surface area contributed by atoms with Crippen LogP contribution in [0.15, 0.2) is 11.6 Å².